The van der Waals surface area contributed by atoms with Gasteiger partial charge >= 0.3 is 6.03 Å². The van der Waals surface area contributed by atoms with Gasteiger partial charge in [0.1, 0.15) is 6.04 Å². The van der Waals surface area contributed by atoms with Crippen LogP contribution in [0, 0.1) is 0 Å². The second-order valence-electron chi connectivity index (χ2n) is 4.95. The van der Waals surface area contributed by atoms with E-state index in [-0.39, 0.29) is 11.9 Å². The molecule has 0 aliphatic rings. The van der Waals surface area contributed by atoms with Gasteiger partial charge in [-0.05, 0) is 19.1 Å². The summed E-state index contributed by atoms with van der Waals surface area (Å²) in [6.07, 6.45) is 1.60. The van der Waals surface area contributed by atoms with Crippen molar-refractivity contribution in [1.82, 2.24) is 10.6 Å². The Morgan fingerprint density at radius 1 is 1.14 bits per heavy atom. The lowest BCUT2D eigenvalue weighted by Gasteiger charge is -2.18. The molecule has 3 amide bonds. The average Bonchev–Trinajstić information content (AvgIpc) is 3.07. The first-order chi connectivity index (χ1) is 10.6. The van der Waals surface area contributed by atoms with Crippen LogP contribution in [0.25, 0.3) is 0 Å². The molecule has 0 unspecified atom stereocenters. The standard InChI is InChI=1S/C16H19N3O3/c1-11(13-9-6-10-22-13)18-14(12-7-4-3-5-8-12)15(20)19-16(21)17-2/h3-11,14,18H,1-2H3,(H2,17,19,20,21)/p+1/t11-,14+/m0/s1. The summed E-state index contributed by atoms with van der Waals surface area (Å²) < 4.78 is 5.37. The molecule has 0 radical (unpaired) electrons. The van der Waals surface area contributed by atoms with Crippen molar-refractivity contribution in [3.8, 4) is 0 Å². The van der Waals surface area contributed by atoms with E-state index in [0.717, 1.165) is 11.3 Å². The van der Waals surface area contributed by atoms with Crippen LogP contribution >= 0.6 is 0 Å². The third-order valence-electron chi connectivity index (χ3n) is 3.38. The molecule has 1 aromatic carbocycles. The van der Waals surface area contributed by atoms with E-state index in [9.17, 15) is 9.59 Å². The van der Waals surface area contributed by atoms with Crippen molar-refractivity contribution in [2.75, 3.05) is 7.05 Å². The minimum absolute atomic E-state index is 0.0596. The van der Waals surface area contributed by atoms with Gasteiger partial charge in [0.25, 0.3) is 5.91 Å². The topological polar surface area (TPSA) is 88.0 Å². The smallest absolute Gasteiger partial charge is 0.321 e. The predicted molar refractivity (Wildman–Crippen MR) is 80.8 cm³/mol. The van der Waals surface area contributed by atoms with Crippen LogP contribution in [0.15, 0.2) is 53.1 Å². The van der Waals surface area contributed by atoms with Crippen molar-refractivity contribution >= 4 is 11.9 Å². The molecule has 0 saturated heterocycles. The normalized spacial score (nSPS) is 13.2. The molecular weight excluding hydrogens is 282 g/mol. The second kappa shape index (κ2) is 7.42. The van der Waals surface area contributed by atoms with Gasteiger partial charge in [0, 0.05) is 12.6 Å². The largest absolute Gasteiger partial charge is 0.463 e. The quantitative estimate of drug-likeness (QED) is 0.773. The van der Waals surface area contributed by atoms with E-state index in [1.807, 2.05) is 54.7 Å². The Labute approximate surface area is 128 Å². The molecule has 6 nitrogen and oxygen atoms in total. The maximum Gasteiger partial charge on any atom is 0.321 e. The number of hydrogen-bond acceptors (Lipinski definition) is 3. The van der Waals surface area contributed by atoms with Gasteiger partial charge in [-0.1, -0.05) is 30.3 Å². The summed E-state index contributed by atoms with van der Waals surface area (Å²) in [6, 6.07) is 11.9. The first-order valence-electron chi connectivity index (χ1n) is 7.07. The summed E-state index contributed by atoms with van der Waals surface area (Å²) in [5, 5.41) is 6.58. The maximum absolute atomic E-state index is 12.4. The molecule has 4 N–H and O–H groups in total. The molecule has 1 heterocycles. The third-order valence-corrected chi connectivity index (χ3v) is 3.38. The molecular formula is C16H20N3O3+. The summed E-state index contributed by atoms with van der Waals surface area (Å²) in [5.74, 6) is 0.401. The van der Waals surface area contributed by atoms with Crippen LogP contribution < -0.4 is 16.0 Å². The van der Waals surface area contributed by atoms with Gasteiger partial charge < -0.3 is 15.1 Å². The minimum Gasteiger partial charge on any atom is -0.463 e. The summed E-state index contributed by atoms with van der Waals surface area (Å²) >= 11 is 0. The molecule has 2 aromatic rings. The van der Waals surface area contributed by atoms with Crippen molar-refractivity contribution in [3.05, 3.63) is 60.1 Å². The maximum atomic E-state index is 12.4. The van der Waals surface area contributed by atoms with Crippen molar-refractivity contribution in [2.45, 2.75) is 19.0 Å². The molecule has 22 heavy (non-hydrogen) atoms. The van der Waals surface area contributed by atoms with E-state index >= 15 is 0 Å². The SMILES string of the molecule is CNC(=O)NC(=O)[C@H]([NH2+][C@@H](C)c1ccco1)c1ccccc1. The van der Waals surface area contributed by atoms with Crippen LogP contribution in [-0.2, 0) is 4.79 Å². The van der Waals surface area contributed by atoms with Gasteiger partial charge in [-0.15, -0.1) is 0 Å². The Morgan fingerprint density at radius 3 is 2.45 bits per heavy atom. The summed E-state index contributed by atoms with van der Waals surface area (Å²) in [5.41, 5.74) is 0.822. The predicted octanol–water partition coefficient (Wildman–Crippen LogP) is 1.10. The van der Waals surface area contributed by atoms with E-state index in [1.165, 1.54) is 7.05 Å². The molecule has 0 aliphatic carbocycles. The first kappa shape index (κ1) is 15.8. The number of carbonyl (C=O) groups is 2. The number of rotatable bonds is 5. The molecule has 6 heteroatoms. The highest BCUT2D eigenvalue weighted by atomic mass is 16.3. The molecule has 0 fully saturated rings. The number of nitrogens with one attached hydrogen (secondary N) is 2. The Bertz CT molecular complexity index is 611. The molecule has 1 aromatic heterocycles. The summed E-state index contributed by atoms with van der Waals surface area (Å²) in [4.78, 5) is 23.8. The fourth-order valence-electron chi connectivity index (χ4n) is 2.20. The van der Waals surface area contributed by atoms with Crippen molar-refractivity contribution in [1.29, 1.82) is 0 Å². The number of nitrogens with two attached hydrogens (primary N) is 1. The average molecular weight is 302 g/mol. The number of quaternary nitrogens is 1. The highest BCUT2D eigenvalue weighted by Crippen LogP contribution is 2.13. The van der Waals surface area contributed by atoms with E-state index in [1.54, 1.807) is 6.26 Å². The van der Waals surface area contributed by atoms with Crippen molar-refractivity contribution in [2.24, 2.45) is 0 Å². The lowest BCUT2D eigenvalue weighted by atomic mass is 10.0. The zero-order valence-electron chi connectivity index (χ0n) is 12.6. The van der Waals surface area contributed by atoms with Crippen LogP contribution in [0.5, 0.6) is 0 Å². The van der Waals surface area contributed by atoms with E-state index in [0.29, 0.717) is 0 Å². The van der Waals surface area contributed by atoms with Gasteiger partial charge in [-0.3, -0.25) is 10.1 Å². The van der Waals surface area contributed by atoms with Gasteiger partial charge in [0.2, 0.25) is 0 Å². The van der Waals surface area contributed by atoms with Crippen LogP contribution in [0.4, 0.5) is 4.79 Å². The van der Waals surface area contributed by atoms with Gasteiger partial charge in [0.15, 0.2) is 11.8 Å². The molecule has 2 rings (SSSR count). The van der Waals surface area contributed by atoms with E-state index in [4.69, 9.17) is 4.42 Å². The minimum atomic E-state index is -0.543. The van der Waals surface area contributed by atoms with Gasteiger partial charge in [0.05, 0.1) is 6.26 Å². The molecule has 116 valence electrons. The number of carbonyl (C=O) groups excluding carboxylic acids is 2. The van der Waals surface area contributed by atoms with Crippen molar-refractivity contribution in [3.63, 3.8) is 0 Å². The zero-order valence-corrected chi connectivity index (χ0v) is 12.6. The fourth-order valence-corrected chi connectivity index (χ4v) is 2.20. The fraction of sp³-hybridized carbons (Fsp3) is 0.250. The van der Waals surface area contributed by atoms with Crippen molar-refractivity contribution < 1.29 is 19.3 Å². The molecule has 0 aliphatic heterocycles. The number of amides is 3. The molecule has 0 saturated carbocycles. The number of furan rings is 1. The number of benzene rings is 1. The summed E-state index contributed by atoms with van der Waals surface area (Å²) in [6.45, 7) is 1.95. The Balaban J connectivity index is 2.18. The molecule has 0 bridgehead atoms. The summed E-state index contributed by atoms with van der Waals surface area (Å²) in [7, 11) is 1.47. The Morgan fingerprint density at radius 2 is 1.86 bits per heavy atom. The van der Waals surface area contributed by atoms with Crippen LogP contribution in [0.2, 0.25) is 0 Å². The first-order valence-corrected chi connectivity index (χ1v) is 7.07. The number of urea groups is 1. The Hall–Kier alpha value is -2.60. The number of hydrogen-bond donors (Lipinski definition) is 3. The van der Waals surface area contributed by atoms with E-state index < -0.39 is 12.1 Å². The van der Waals surface area contributed by atoms with Gasteiger partial charge in [-0.25, -0.2) is 4.79 Å². The second-order valence-corrected chi connectivity index (χ2v) is 4.95. The van der Waals surface area contributed by atoms with Gasteiger partial charge in [-0.2, -0.15) is 0 Å². The monoisotopic (exact) mass is 302 g/mol. The number of imide groups is 1. The third kappa shape index (κ3) is 3.95. The molecule has 0 spiro atoms. The molecule has 2 atom stereocenters. The van der Waals surface area contributed by atoms with Crippen LogP contribution in [-0.4, -0.2) is 19.0 Å². The highest BCUT2D eigenvalue weighted by Gasteiger charge is 2.28. The van der Waals surface area contributed by atoms with E-state index in [2.05, 4.69) is 10.6 Å². The lowest BCUT2D eigenvalue weighted by Crippen LogP contribution is -2.88. The zero-order chi connectivity index (χ0) is 15.9. The van der Waals surface area contributed by atoms with Crippen LogP contribution in [0.1, 0.15) is 30.3 Å². The van der Waals surface area contributed by atoms with Crippen LogP contribution in [0.3, 0.4) is 0 Å². The Kier molecular flexibility index (Phi) is 5.32. The highest BCUT2D eigenvalue weighted by molar-refractivity contribution is 5.96. The lowest BCUT2D eigenvalue weighted by molar-refractivity contribution is -0.720.